The molecule has 7 nitrogen and oxygen atoms in total. The number of amides is 1. The van der Waals surface area contributed by atoms with E-state index < -0.39 is 29.5 Å². The number of benzene rings is 2. The third kappa shape index (κ3) is 3.32. The van der Waals surface area contributed by atoms with E-state index >= 15 is 0 Å². The molecule has 2 N–H and O–H groups in total. The molecule has 0 saturated carbocycles. The second-order valence-electron chi connectivity index (χ2n) is 7.04. The summed E-state index contributed by atoms with van der Waals surface area (Å²) in [5, 5.41) is 20.6. The van der Waals surface area contributed by atoms with Crippen LogP contribution < -0.4 is 5.32 Å². The van der Waals surface area contributed by atoms with Gasteiger partial charge in [-0.1, -0.05) is 30.4 Å². The Morgan fingerprint density at radius 1 is 1.04 bits per heavy atom. The molecule has 2 aromatic rings. The molecule has 2 aliphatic heterocycles. The molecule has 1 amide bonds. The predicted molar refractivity (Wildman–Crippen MR) is 103 cm³/mol. The van der Waals surface area contributed by atoms with Crippen molar-refractivity contribution in [1.29, 1.82) is 0 Å². The van der Waals surface area contributed by atoms with Gasteiger partial charge in [0.25, 0.3) is 0 Å². The van der Waals surface area contributed by atoms with Crippen molar-refractivity contribution in [3.63, 3.8) is 0 Å². The van der Waals surface area contributed by atoms with Gasteiger partial charge >= 0.3 is 5.97 Å². The number of carbonyl (C=O) groups excluding carboxylic acids is 1. The first-order valence-corrected chi connectivity index (χ1v) is 8.94. The summed E-state index contributed by atoms with van der Waals surface area (Å²) in [5.74, 6) is -3.10. The maximum Gasteiger partial charge on any atom is 0.310 e. The van der Waals surface area contributed by atoms with E-state index in [0.29, 0.717) is 11.4 Å². The largest absolute Gasteiger partial charge is 0.481 e. The van der Waals surface area contributed by atoms with Crippen LogP contribution in [0.2, 0.25) is 0 Å². The highest BCUT2D eigenvalue weighted by Crippen LogP contribution is 2.47. The average Bonchev–Trinajstić information content (AvgIpc) is 3.22. The van der Waals surface area contributed by atoms with Gasteiger partial charge in [0.1, 0.15) is 5.92 Å². The number of carboxylic acid groups (broad SMARTS) is 1. The van der Waals surface area contributed by atoms with Gasteiger partial charge in [0.05, 0.1) is 29.0 Å². The molecule has 0 spiro atoms. The second-order valence-corrected chi connectivity index (χ2v) is 7.04. The molecule has 4 atom stereocenters. The van der Waals surface area contributed by atoms with Gasteiger partial charge in [0.2, 0.25) is 5.91 Å². The van der Waals surface area contributed by atoms with Crippen molar-refractivity contribution in [2.45, 2.75) is 18.6 Å². The van der Waals surface area contributed by atoms with E-state index in [1.807, 2.05) is 30.3 Å². The van der Waals surface area contributed by atoms with Crippen LogP contribution in [0, 0.1) is 11.8 Å². The molecule has 1 fully saturated rings. The first-order valence-electron chi connectivity index (χ1n) is 8.94. The molecule has 2 aliphatic rings. The van der Waals surface area contributed by atoms with E-state index in [-0.39, 0.29) is 5.91 Å². The Morgan fingerprint density at radius 3 is 2.32 bits per heavy atom. The van der Waals surface area contributed by atoms with Gasteiger partial charge in [-0.05, 0) is 43.3 Å². The molecule has 1 saturated heterocycles. The molecule has 2 bridgehead atoms. The van der Waals surface area contributed by atoms with E-state index in [4.69, 9.17) is 4.74 Å². The topological polar surface area (TPSA) is 100 Å². The summed E-state index contributed by atoms with van der Waals surface area (Å²) in [7, 11) is 0. The zero-order valence-electron chi connectivity index (χ0n) is 15.1. The number of nitrogens with zero attached hydrogens (tertiary/aromatic N) is 2. The Hall–Kier alpha value is -3.32. The zero-order valence-corrected chi connectivity index (χ0v) is 15.1. The fraction of sp³-hybridized carbons (Fsp3) is 0.238. The highest BCUT2D eigenvalue weighted by Gasteiger charge is 2.59. The number of nitrogens with one attached hydrogen (secondary N) is 1. The molecule has 2 heterocycles. The maximum atomic E-state index is 12.8. The predicted octanol–water partition coefficient (Wildman–Crippen LogP) is 4.08. The van der Waals surface area contributed by atoms with Crippen molar-refractivity contribution in [2.75, 3.05) is 5.32 Å². The number of carbonyl (C=O) groups is 2. The van der Waals surface area contributed by atoms with Crippen LogP contribution in [0.5, 0.6) is 0 Å². The van der Waals surface area contributed by atoms with Gasteiger partial charge < -0.3 is 15.2 Å². The minimum absolute atomic E-state index is 0.375. The van der Waals surface area contributed by atoms with Crippen LogP contribution in [0.15, 0.2) is 77.0 Å². The van der Waals surface area contributed by atoms with Crippen LogP contribution in [0.25, 0.3) is 0 Å². The van der Waals surface area contributed by atoms with Crippen molar-refractivity contribution < 1.29 is 19.4 Å². The second kappa shape index (κ2) is 7.01. The van der Waals surface area contributed by atoms with Crippen LogP contribution in [-0.4, -0.2) is 28.7 Å². The Morgan fingerprint density at radius 2 is 1.68 bits per heavy atom. The normalized spacial score (nSPS) is 28.0. The molecular formula is C21H19N3O4. The Balaban J connectivity index is 1.46. The van der Waals surface area contributed by atoms with Gasteiger partial charge in [-0.2, -0.15) is 10.2 Å². The van der Waals surface area contributed by atoms with Crippen LogP contribution in [0.1, 0.15) is 6.92 Å². The van der Waals surface area contributed by atoms with E-state index in [1.165, 1.54) is 0 Å². The SMILES string of the molecule is C[C@@]12C=C[C@@H](O1)[C@@H](C(=O)O)[C@@H]2C(=O)Nc1ccc(N=Nc2ccccc2)cc1. The number of carboxylic acids is 1. The van der Waals surface area contributed by atoms with E-state index in [1.54, 1.807) is 43.3 Å². The van der Waals surface area contributed by atoms with E-state index in [9.17, 15) is 14.7 Å². The van der Waals surface area contributed by atoms with Gasteiger partial charge in [-0.3, -0.25) is 9.59 Å². The lowest BCUT2D eigenvalue weighted by atomic mass is 9.75. The van der Waals surface area contributed by atoms with Crippen molar-refractivity contribution >= 4 is 28.9 Å². The third-order valence-corrected chi connectivity index (χ3v) is 5.08. The standard InChI is InChI=1S/C21H19N3O4/c1-21-12-11-16(28-21)17(20(26)27)18(21)19(25)22-13-7-9-15(10-8-13)24-23-14-5-3-2-4-6-14/h2-12,16-18H,1H3,(H,22,25)(H,26,27)/t16-,17-,18-,21+/m1/s1. The van der Waals surface area contributed by atoms with Crippen LogP contribution >= 0.6 is 0 Å². The number of anilines is 1. The van der Waals surface area contributed by atoms with E-state index in [2.05, 4.69) is 15.5 Å². The summed E-state index contributed by atoms with van der Waals surface area (Å²) in [6.07, 6.45) is 2.92. The minimum atomic E-state index is -1.03. The summed E-state index contributed by atoms with van der Waals surface area (Å²) >= 11 is 0. The van der Waals surface area contributed by atoms with Crippen LogP contribution in [0.3, 0.4) is 0 Å². The van der Waals surface area contributed by atoms with Crippen LogP contribution in [-0.2, 0) is 14.3 Å². The Bertz CT molecular complexity index is 955. The van der Waals surface area contributed by atoms with Gasteiger partial charge in [-0.15, -0.1) is 0 Å². The van der Waals surface area contributed by atoms with Gasteiger partial charge in [0, 0.05) is 5.69 Å². The number of rotatable bonds is 5. The smallest absolute Gasteiger partial charge is 0.310 e. The summed E-state index contributed by atoms with van der Waals surface area (Å²) in [5.41, 5.74) is 1.05. The van der Waals surface area contributed by atoms with Crippen molar-refractivity contribution in [3.05, 3.63) is 66.7 Å². The first-order chi connectivity index (χ1) is 13.5. The number of fused-ring (bicyclic) bond motifs is 2. The summed E-state index contributed by atoms with van der Waals surface area (Å²) in [6, 6.07) is 16.2. The molecule has 7 heteroatoms. The minimum Gasteiger partial charge on any atom is -0.481 e. The number of hydrogen-bond acceptors (Lipinski definition) is 5. The fourth-order valence-corrected chi connectivity index (χ4v) is 3.72. The first kappa shape index (κ1) is 18.1. The molecule has 4 rings (SSSR count). The van der Waals surface area contributed by atoms with E-state index in [0.717, 1.165) is 5.69 Å². The van der Waals surface area contributed by atoms with Gasteiger partial charge in [0.15, 0.2) is 0 Å². The molecule has 0 unspecified atom stereocenters. The highest BCUT2D eigenvalue weighted by atomic mass is 16.5. The Labute approximate surface area is 161 Å². The lowest BCUT2D eigenvalue weighted by Crippen LogP contribution is -2.44. The number of aliphatic carboxylic acids is 1. The molecule has 0 aliphatic carbocycles. The Kier molecular flexibility index (Phi) is 4.52. The average molecular weight is 377 g/mol. The van der Waals surface area contributed by atoms with Crippen LogP contribution in [0.4, 0.5) is 17.1 Å². The van der Waals surface area contributed by atoms with Crippen molar-refractivity contribution in [3.8, 4) is 0 Å². The highest BCUT2D eigenvalue weighted by molar-refractivity contribution is 5.97. The number of ether oxygens (including phenoxy) is 1. The summed E-state index contributed by atoms with van der Waals surface area (Å²) in [6.45, 7) is 1.74. The summed E-state index contributed by atoms with van der Waals surface area (Å²) < 4.78 is 5.72. The fourth-order valence-electron chi connectivity index (χ4n) is 3.72. The molecule has 2 aromatic carbocycles. The molecule has 0 aromatic heterocycles. The molecular weight excluding hydrogens is 358 g/mol. The molecule has 0 radical (unpaired) electrons. The van der Waals surface area contributed by atoms with Crippen molar-refractivity contribution in [1.82, 2.24) is 0 Å². The quantitative estimate of drug-likeness (QED) is 0.605. The molecule has 142 valence electrons. The van der Waals surface area contributed by atoms with Gasteiger partial charge in [-0.25, -0.2) is 0 Å². The number of hydrogen-bond donors (Lipinski definition) is 2. The summed E-state index contributed by atoms with van der Waals surface area (Å²) in [4.78, 5) is 24.4. The number of azo groups is 1. The zero-order chi connectivity index (χ0) is 19.7. The van der Waals surface area contributed by atoms with Crippen molar-refractivity contribution in [2.24, 2.45) is 22.1 Å². The molecule has 28 heavy (non-hydrogen) atoms. The monoisotopic (exact) mass is 377 g/mol. The lowest BCUT2D eigenvalue weighted by molar-refractivity contribution is -0.146. The maximum absolute atomic E-state index is 12.8. The lowest BCUT2D eigenvalue weighted by Gasteiger charge is -2.27. The third-order valence-electron chi connectivity index (χ3n) is 5.08.